The fourth-order valence-electron chi connectivity index (χ4n) is 0.829. The summed E-state index contributed by atoms with van der Waals surface area (Å²) in [6, 6.07) is 0. The number of carbonyl (C=O) groups excluding carboxylic acids is 2. The Morgan fingerprint density at radius 3 is 1.39 bits per heavy atom. The van der Waals surface area contributed by atoms with E-state index in [9.17, 15) is 9.59 Å². The SMILES string of the molecule is CCC(C)(C)OC(=O)N(C)C(=O)OC(C)(C)CC. The van der Waals surface area contributed by atoms with Gasteiger partial charge in [-0.15, -0.1) is 0 Å². The predicted octanol–water partition coefficient (Wildman–Crippen LogP) is 3.57. The number of imide groups is 1. The van der Waals surface area contributed by atoms with Crippen LogP contribution in [0, 0.1) is 0 Å². The second kappa shape index (κ2) is 6.07. The molecule has 18 heavy (non-hydrogen) atoms. The number of carbonyl (C=O) groups is 2. The molecule has 0 rings (SSSR count). The monoisotopic (exact) mass is 259 g/mol. The van der Waals surface area contributed by atoms with Crippen molar-refractivity contribution in [3.8, 4) is 0 Å². The summed E-state index contributed by atoms with van der Waals surface area (Å²) in [7, 11) is 1.35. The summed E-state index contributed by atoms with van der Waals surface area (Å²) in [5.74, 6) is 0. The number of nitrogens with zero attached hydrogens (tertiary/aromatic N) is 1. The quantitative estimate of drug-likeness (QED) is 0.774. The number of hydrogen-bond donors (Lipinski definition) is 0. The van der Waals surface area contributed by atoms with Crippen LogP contribution in [-0.4, -0.2) is 35.3 Å². The molecule has 0 aliphatic heterocycles. The van der Waals surface area contributed by atoms with Gasteiger partial charge < -0.3 is 9.47 Å². The van der Waals surface area contributed by atoms with Gasteiger partial charge in [-0.3, -0.25) is 0 Å². The van der Waals surface area contributed by atoms with Gasteiger partial charge in [0.1, 0.15) is 11.2 Å². The lowest BCUT2D eigenvalue weighted by molar-refractivity contribution is -0.00647. The van der Waals surface area contributed by atoms with Gasteiger partial charge in [-0.05, 0) is 40.5 Å². The number of amides is 2. The molecule has 0 unspecified atom stereocenters. The fraction of sp³-hybridized carbons (Fsp3) is 0.846. The van der Waals surface area contributed by atoms with Crippen molar-refractivity contribution in [2.75, 3.05) is 7.05 Å². The topological polar surface area (TPSA) is 55.8 Å². The lowest BCUT2D eigenvalue weighted by Crippen LogP contribution is -2.42. The van der Waals surface area contributed by atoms with E-state index in [2.05, 4.69) is 0 Å². The molecule has 0 aromatic rings. The molecule has 5 nitrogen and oxygen atoms in total. The molecule has 0 saturated heterocycles. The minimum absolute atomic E-state index is 0.591. The van der Waals surface area contributed by atoms with Gasteiger partial charge in [-0.2, -0.15) is 0 Å². The van der Waals surface area contributed by atoms with E-state index in [0.29, 0.717) is 12.8 Å². The fourth-order valence-corrected chi connectivity index (χ4v) is 0.829. The average Bonchev–Trinajstić information content (AvgIpc) is 2.26. The highest BCUT2D eigenvalue weighted by Crippen LogP contribution is 2.18. The van der Waals surface area contributed by atoms with E-state index in [1.165, 1.54) is 7.05 Å². The smallest absolute Gasteiger partial charge is 0.419 e. The Morgan fingerprint density at radius 1 is 0.889 bits per heavy atom. The van der Waals surface area contributed by atoms with Crippen LogP contribution in [0.4, 0.5) is 9.59 Å². The molecule has 0 aromatic heterocycles. The van der Waals surface area contributed by atoms with Gasteiger partial charge in [0.2, 0.25) is 0 Å². The molecule has 0 radical (unpaired) electrons. The summed E-state index contributed by atoms with van der Waals surface area (Å²) in [5, 5.41) is 0. The Hall–Kier alpha value is -1.26. The Morgan fingerprint density at radius 2 is 1.17 bits per heavy atom. The standard InChI is InChI=1S/C13H25NO4/c1-8-12(3,4)17-10(15)14(7)11(16)18-13(5,6)9-2/h8-9H2,1-7H3. The molecular formula is C13H25NO4. The second-order valence-corrected chi connectivity index (χ2v) is 5.52. The third-order valence-electron chi connectivity index (χ3n) is 2.98. The summed E-state index contributed by atoms with van der Waals surface area (Å²) < 4.78 is 10.4. The van der Waals surface area contributed by atoms with Gasteiger partial charge >= 0.3 is 12.2 Å². The van der Waals surface area contributed by atoms with Gasteiger partial charge in [0.25, 0.3) is 0 Å². The molecule has 0 N–H and O–H groups in total. The van der Waals surface area contributed by atoms with Crippen molar-refractivity contribution in [3.05, 3.63) is 0 Å². The molecular weight excluding hydrogens is 234 g/mol. The van der Waals surface area contributed by atoms with Crippen LogP contribution in [0.1, 0.15) is 54.4 Å². The maximum atomic E-state index is 11.7. The molecule has 0 fully saturated rings. The van der Waals surface area contributed by atoms with Crippen LogP contribution in [0.5, 0.6) is 0 Å². The van der Waals surface area contributed by atoms with Gasteiger partial charge in [0.15, 0.2) is 0 Å². The Labute approximate surface area is 109 Å². The third-order valence-corrected chi connectivity index (χ3v) is 2.98. The van der Waals surface area contributed by atoms with Crippen molar-refractivity contribution in [3.63, 3.8) is 0 Å². The molecule has 0 bridgehead atoms. The number of ether oxygens (including phenoxy) is 2. The Bertz CT molecular complexity index is 280. The molecule has 106 valence electrons. The minimum atomic E-state index is -0.696. The maximum Gasteiger partial charge on any atom is 0.419 e. The van der Waals surface area contributed by atoms with Gasteiger partial charge in [-0.25, -0.2) is 14.5 Å². The van der Waals surface area contributed by atoms with Crippen molar-refractivity contribution in [2.24, 2.45) is 0 Å². The van der Waals surface area contributed by atoms with E-state index in [1.807, 2.05) is 13.8 Å². The second-order valence-electron chi connectivity index (χ2n) is 5.52. The van der Waals surface area contributed by atoms with Crippen LogP contribution in [0.3, 0.4) is 0 Å². The van der Waals surface area contributed by atoms with E-state index < -0.39 is 23.4 Å². The zero-order chi connectivity index (χ0) is 14.6. The van der Waals surface area contributed by atoms with E-state index in [4.69, 9.17) is 9.47 Å². The summed E-state index contributed by atoms with van der Waals surface area (Å²) >= 11 is 0. The predicted molar refractivity (Wildman–Crippen MR) is 69.5 cm³/mol. The maximum absolute atomic E-state index is 11.7. The molecule has 0 aromatic carbocycles. The van der Waals surface area contributed by atoms with Crippen molar-refractivity contribution < 1.29 is 19.1 Å². The molecule has 0 aliphatic carbocycles. The van der Waals surface area contributed by atoms with E-state index >= 15 is 0 Å². The lowest BCUT2D eigenvalue weighted by Gasteiger charge is -2.29. The number of rotatable bonds is 4. The van der Waals surface area contributed by atoms with Crippen molar-refractivity contribution in [1.82, 2.24) is 4.90 Å². The Balaban J connectivity index is 4.52. The van der Waals surface area contributed by atoms with Crippen LogP contribution in [0.15, 0.2) is 0 Å². The largest absolute Gasteiger partial charge is 0.443 e. The highest BCUT2D eigenvalue weighted by molar-refractivity contribution is 5.87. The number of hydrogen-bond acceptors (Lipinski definition) is 4. The molecule has 0 spiro atoms. The highest BCUT2D eigenvalue weighted by Gasteiger charge is 2.30. The lowest BCUT2D eigenvalue weighted by atomic mass is 10.1. The summed E-state index contributed by atoms with van der Waals surface area (Å²) in [4.78, 5) is 24.3. The molecule has 0 heterocycles. The van der Waals surface area contributed by atoms with Crippen LogP contribution in [-0.2, 0) is 9.47 Å². The van der Waals surface area contributed by atoms with E-state index in [1.54, 1.807) is 27.7 Å². The summed E-state index contributed by atoms with van der Waals surface area (Å²) in [5.41, 5.74) is -1.18. The first-order chi connectivity index (χ1) is 8.04. The summed E-state index contributed by atoms with van der Waals surface area (Å²) in [6.07, 6.45) is -0.0537. The first-order valence-corrected chi connectivity index (χ1v) is 6.24. The average molecular weight is 259 g/mol. The molecule has 2 amide bonds. The minimum Gasteiger partial charge on any atom is -0.443 e. The molecule has 0 atom stereocenters. The van der Waals surface area contributed by atoms with Crippen molar-refractivity contribution in [2.45, 2.75) is 65.6 Å². The molecule has 0 saturated carbocycles. The third kappa shape index (κ3) is 5.38. The zero-order valence-corrected chi connectivity index (χ0v) is 12.5. The van der Waals surface area contributed by atoms with Crippen molar-refractivity contribution in [1.29, 1.82) is 0 Å². The highest BCUT2D eigenvalue weighted by atomic mass is 16.6. The van der Waals surface area contributed by atoms with Gasteiger partial charge in [0, 0.05) is 7.05 Å². The van der Waals surface area contributed by atoms with Gasteiger partial charge in [0.05, 0.1) is 0 Å². The first-order valence-electron chi connectivity index (χ1n) is 6.24. The first kappa shape index (κ1) is 16.7. The zero-order valence-electron chi connectivity index (χ0n) is 12.5. The van der Waals surface area contributed by atoms with Crippen LogP contribution in [0.2, 0.25) is 0 Å². The normalized spacial score (nSPS) is 11.9. The van der Waals surface area contributed by atoms with Crippen LogP contribution >= 0.6 is 0 Å². The summed E-state index contributed by atoms with van der Waals surface area (Å²) in [6.45, 7) is 11.0. The Kier molecular flexibility index (Phi) is 5.64. The van der Waals surface area contributed by atoms with Crippen LogP contribution in [0.25, 0.3) is 0 Å². The van der Waals surface area contributed by atoms with E-state index in [-0.39, 0.29) is 0 Å². The van der Waals surface area contributed by atoms with Crippen LogP contribution < -0.4 is 0 Å². The van der Waals surface area contributed by atoms with E-state index in [0.717, 1.165) is 4.90 Å². The van der Waals surface area contributed by atoms with Crippen molar-refractivity contribution >= 4 is 12.2 Å². The molecule has 5 heteroatoms. The van der Waals surface area contributed by atoms with Gasteiger partial charge in [-0.1, -0.05) is 13.8 Å². The molecule has 0 aliphatic rings.